The normalized spacial score (nSPS) is 4.80. The van der Waals surface area contributed by atoms with Gasteiger partial charge in [-0.05, 0) is 0 Å². The molecule has 0 aromatic heterocycles. The Hall–Kier alpha value is -0.203. The molecule has 0 spiro atoms. The number of nitrogens with zero attached hydrogens (tertiary/aromatic N) is 1. The van der Waals surface area contributed by atoms with Gasteiger partial charge in [-0.1, -0.05) is 0 Å². The number of rotatable bonds is 0. The monoisotopic (exact) mass is 70.0 g/mol. The molecule has 0 aliphatic rings. The van der Waals surface area contributed by atoms with Crippen molar-refractivity contribution in [1.29, 1.82) is 0 Å². The number of hydrogen-bond donors (Lipinski definition) is 1. The van der Waals surface area contributed by atoms with Crippen LogP contribution in [0.4, 0.5) is 0 Å². The minimum atomic E-state index is -1.50. The van der Waals surface area contributed by atoms with Crippen LogP contribution < -0.4 is 0 Å². The maximum Gasteiger partial charge on any atom is 0.291 e. The Labute approximate surface area is 40.1 Å². The Morgan fingerprint density at radius 1 is 1.80 bits per heavy atom. The quantitative estimate of drug-likeness (QED) is 0.232. The molecule has 0 saturated heterocycles. The van der Waals surface area contributed by atoms with Crippen LogP contribution in [0, 0.1) is 10.1 Å². The second-order valence-electron chi connectivity index (χ2n) is 0.238. The maximum absolute atomic E-state index is 8.36. The Kier molecular flexibility index (Phi) is 6.71. The first-order valence-electron chi connectivity index (χ1n) is 0.565. The van der Waals surface area contributed by atoms with Gasteiger partial charge in [-0.2, -0.15) is 0 Å². The second-order valence-corrected chi connectivity index (χ2v) is 0.238. The van der Waals surface area contributed by atoms with Gasteiger partial charge in [0.25, 0.3) is 5.09 Å². The van der Waals surface area contributed by atoms with Gasteiger partial charge >= 0.3 is 0 Å². The Balaban J connectivity index is 0. The molecule has 25 valence electrons. The zero-order valence-electron chi connectivity index (χ0n) is 2.71. The first-order valence-corrected chi connectivity index (χ1v) is 0.565. The van der Waals surface area contributed by atoms with Gasteiger partial charge in [-0.25, -0.2) is 0 Å². The molecule has 1 radical (unpaired) electrons. The molecule has 5 heteroatoms. The van der Waals surface area contributed by atoms with Crippen LogP contribution in [-0.2, 0) is 0 Å². The van der Waals surface area contributed by atoms with Crippen molar-refractivity contribution in [3.05, 3.63) is 10.1 Å². The van der Waals surface area contributed by atoms with Crippen LogP contribution in [0.25, 0.3) is 0 Å². The van der Waals surface area contributed by atoms with Crippen molar-refractivity contribution >= 4 is 18.9 Å². The fourth-order valence-corrected chi connectivity index (χ4v) is 0. The maximum atomic E-state index is 8.36. The van der Waals surface area contributed by atoms with Gasteiger partial charge in [-0.3, -0.25) is 0 Å². The molecule has 0 aromatic carbocycles. The van der Waals surface area contributed by atoms with Crippen LogP contribution in [0.3, 0.4) is 0 Å². The molecule has 0 saturated carbocycles. The zero-order chi connectivity index (χ0) is 3.58. The molecule has 0 rings (SSSR count). The van der Waals surface area contributed by atoms with Crippen molar-refractivity contribution in [2.45, 2.75) is 0 Å². The van der Waals surface area contributed by atoms with Crippen LogP contribution in [-0.4, -0.2) is 29.2 Å². The molecule has 0 aliphatic heterocycles. The summed E-state index contributed by atoms with van der Waals surface area (Å²) in [5.41, 5.74) is 0. The van der Waals surface area contributed by atoms with Gasteiger partial charge in [0.2, 0.25) is 0 Å². The summed E-state index contributed by atoms with van der Waals surface area (Å²) in [6, 6.07) is 0. The van der Waals surface area contributed by atoms with E-state index in [0.29, 0.717) is 0 Å². The van der Waals surface area contributed by atoms with Gasteiger partial charge in [0, 0.05) is 18.9 Å². The third-order valence-electron chi connectivity index (χ3n) is 0. The third kappa shape index (κ3) is 299. The molecule has 4 nitrogen and oxygen atoms in total. The Morgan fingerprint density at radius 2 is 1.80 bits per heavy atom. The fourth-order valence-electron chi connectivity index (χ4n) is 0. The third-order valence-corrected chi connectivity index (χ3v) is 0. The topological polar surface area (TPSA) is 63.4 Å². The molecule has 0 aromatic rings. The van der Waals surface area contributed by atoms with E-state index in [4.69, 9.17) is 15.3 Å². The van der Waals surface area contributed by atoms with Crippen LogP contribution in [0.2, 0.25) is 0 Å². The summed E-state index contributed by atoms with van der Waals surface area (Å²) in [7, 11) is 0. The average Bonchev–Trinajstić information content (AvgIpc) is 0.811. The molecule has 0 heterocycles. The predicted molar refractivity (Wildman–Crippen MR) is 14.5 cm³/mol. The van der Waals surface area contributed by atoms with Crippen molar-refractivity contribution in [1.82, 2.24) is 0 Å². The van der Waals surface area contributed by atoms with E-state index in [9.17, 15) is 0 Å². The SMILES string of the molecule is O=[N+]([O-])O.[Li]. The van der Waals surface area contributed by atoms with Crippen molar-refractivity contribution in [3.8, 4) is 0 Å². The van der Waals surface area contributed by atoms with Gasteiger partial charge in [-0.15, -0.1) is 10.1 Å². The Bertz CT molecular complexity index is 29.9. The molecule has 0 aliphatic carbocycles. The molecule has 0 fully saturated rings. The van der Waals surface area contributed by atoms with E-state index in [1.54, 1.807) is 0 Å². The fraction of sp³-hybridized carbons (Fsp3) is 0. The standard InChI is InChI=1S/Li.HNO3/c;2-1(3)4/h;(H,2,3,4). The molecule has 0 atom stereocenters. The molecular formula is HLiNO3. The van der Waals surface area contributed by atoms with Gasteiger partial charge in [0.15, 0.2) is 0 Å². The zero-order valence-corrected chi connectivity index (χ0v) is 2.71. The van der Waals surface area contributed by atoms with Crippen LogP contribution in [0.1, 0.15) is 0 Å². The number of hydrogen-bond acceptors (Lipinski definition) is 2. The second kappa shape index (κ2) is 3.80. The summed E-state index contributed by atoms with van der Waals surface area (Å²) < 4.78 is 0. The first kappa shape index (κ1) is 8.84. The minimum absolute atomic E-state index is 0. The largest absolute Gasteiger partial charge is 0.328 e. The molecule has 1 N–H and O–H groups in total. The summed E-state index contributed by atoms with van der Waals surface area (Å²) in [5, 5.41) is 13.6. The van der Waals surface area contributed by atoms with Gasteiger partial charge in [0.1, 0.15) is 0 Å². The van der Waals surface area contributed by atoms with E-state index in [1.807, 2.05) is 0 Å². The van der Waals surface area contributed by atoms with E-state index < -0.39 is 5.09 Å². The van der Waals surface area contributed by atoms with Crippen molar-refractivity contribution in [2.24, 2.45) is 0 Å². The summed E-state index contributed by atoms with van der Waals surface area (Å²) in [6.07, 6.45) is 0. The summed E-state index contributed by atoms with van der Waals surface area (Å²) in [4.78, 5) is 8.36. The molecule has 5 heavy (non-hydrogen) atoms. The summed E-state index contributed by atoms with van der Waals surface area (Å²) >= 11 is 0. The van der Waals surface area contributed by atoms with Crippen molar-refractivity contribution in [2.75, 3.05) is 0 Å². The van der Waals surface area contributed by atoms with Crippen LogP contribution in [0.5, 0.6) is 0 Å². The average molecular weight is 70.0 g/mol. The Morgan fingerprint density at radius 3 is 1.80 bits per heavy atom. The van der Waals surface area contributed by atoms with Crippen LogP contribution in [0.15, 0.2) is 0 Å². The van der Waals surface area contributed by atoms with E-state index in [0.717, 1.165) is 0 Å². The summed E-state index contributed by atoms with van der Waals surface area (Å²) in [6.45, 7) is 0. The molecule has 0 unspecified atom stereocenters. The van der Waals surface area contributed by atoms with Crippen molar-refractivity contribution < 1.29 is 10.3 Å². The van der Waals surface area contributed by atoms with Gasteiger partial charge < -0.3 is 5.21 Å². The van der Waals surface area contributed by atoms with Crippen molar-refractivity contribution in [3.63, 3.8) is 0 Å². The van der Waals surface area contributed by atoms with Crippen LogP contribution >= 0.6 is 0 Å². The van der Waals surface area contributed by atoms with E-state index in [2.05, 4.69) is 0 Å². The first-order chi connectivity index (χ1) is 1.73. The van der Waals surface area contributed by atoms with E-state index >= 15 is 0 Å². The minimum Gasteiger partial charge on any atom is -0.328 e. The molecule has 0 bridgehead atoms. The van der Waals surface area contributed by atoms with E-state index in [1.165, 1.54) is 0 Å². The smallest absolute Gasteiger partial charge is 0.291 e. The van der Waals surface area contributed by atoms with E-state index in [-0.39, 0.29) is 18.9 Å². The van der Waals surface area contributed by atoms with Gasteiger partial charge in [0.05, 0.1) is 0 Å². The molecular weight excluding hydrogens is 68.9 g/mol. The molecule has 0 amide bonds. The summed E-state index contributed by atoms with van der Waals surface area (Å²) in [5.74, 6) is 0. The predicted octanol–water partition coefficient (Wildman–Crippen LogP) is -0.729.